The molecule has 0 spiro atoms. The van der Waals surface area contributed by atoms with E-state index in [9.17, 15) is 38.9 Å². The van der Waals surface area contributed by atoms with Gasteiger partial charge in [-0.15, -0.1) is 0 Å². The molecule has 19 heteroatoms. The maximum Gasteiger partial charge on any atom is 0.344 e. The van der Waals surface area contributed by atoms with Gasteiger partial charge in [0.05, 0.1) is 72.9 Å². The molecule has 0 unspecified atom stereocenters. The second-order valence-electron chi connectivity index (χ2n) is 18.9. The smallest absolute Gasteiger partial charge is 0.344 e. The molecule has 0 aliphatic heterocycles. The molecule has 5 rings (SSSR count). The Morgan fingerprint density at radius 1 is 0.524 bits per heavy atom. The molecular formula is C63H72N2O17. The molecule has 0 radical (unpaired) electrons. The quantitative estimate of drug-likeness (QED) is 0.00567. The Morgan fingerprint density at radius 3 is 1.55 bits per heavy atom. The summed E-state index contributed by atoms with van der Waals surface area (Å²) in [5, 5.41) is 12.1. The van der Waals surface area contributed by atoms with Crippen LogP contribution in [0.15, 0.2) is 128 Å². The Balaban J connectivity index is 1.17. The SMILES string of the molecule is C=CC(=O)OCCCCCCOc1ccc(OC(=O)c2ccc(C(=O)Oc3ccc(OCCCCCCOC(=O)C=C)cc3)c(C(=O)OCCCOC(=O)c3ccc(-c4cc([N+](=O)[O-])c(O[C@@H](C)CCCCCC)cc4N)cc3)c2)cc1. The molecule has 0 amide bonds. The van der Waals surface area contributed by atoms with Crippen molar-refractivity contribution in [1.82, 2.24) is 0 Å². The summed E-state index contributed by atoms with van der Waals surface area (Å²) in [6.45, 7) is 11.9. The molecule has 0 heterocycles. The van der Waals surface area contributed by atoms with Gasteiger partial charge in [-0.25, -0.2) is 28.8 Å². The number of nitrogen functional groups attached to an aromatic ring is 1. The number of carbonyl (C=O) groups excluding carboxylic acids is 6. The number of nitrogens with two attached hydrogens (primary N) is 1. The third kappa shape index (κ3) is 21.9. The van der Waals surface area contributed by atoms with Crippen molar-refractivity contribution in [2.24, 2.45) is 0 Å². The van der Waals surface area contributed by atoms with Crippen LogP contribution in [0.4, 0.5) is 11.4 Å². The summed E-state index contributed by atoms with van der Waals surface area (Å²) in [6.07, 6.45) is 13.4. The molecule has 436 valence electrons. The zero-order valence-electron chi connectivity index (χ0n) is 46.6. The summed E-state index contributed by atoms with van der Waals surface area (Å²) in [4.78, 5) is 87.9. The number of ether oxygens (including phenoxy) is 9. The van der Waals surface area contributed by atoms with Crippen molar-refractivity contribution >= 4 is 47.2 Å². The largest absolute Gasteiger partial charge is 0.494 e. The maximum atomic E-state index is 13.7. The first-order valence-corrected chi connectivity index (χ1v) is 27.5. The third-order valence-electron chi connectivity index (χ3n) is 12.5. The van der Waals surface area contributed by atoms with Gasteiger partial charge < -0.3 is 48.4 Å². The van der Waals surface area contributed by atoms with Crippen molar-refractivity contribution in [3.8, 4) is 39.9 Å². The normalized spacial score (nSPS) is 11.0. The molecular weight excluding hydrogens is 1060 g/mol. The molecule has 0 saturated heterocycles. The van der Waals surface area contributed by atoms with Crippen LogP contribution in [0.3, 0.4) is 0 Å². The van der Waals surface area contributed by atoms with E-state index in [0.717, 1.165) is 95.6 Å². The van der Waals surface area contributed by atoms with Gasteiger partial charge in [0, 0.05) is 42.0 Å². The van der Waals surface area contributed by atoms with Crippen LogP contribution < -0.4 is 29.4 Å². The van der Waals surface area contributed by atoms with Crippen LogP contribution in [0.25, 0.3) is 11.1 Å². The maximum absolute atomic E-state index is 13.7. The number of esters is 6. The fraction of sp³-hybridized carbons (Fsp3) is 0.365. The molecule has 82 heavy (non-hydrogen) atoms. The number of nitro groups is 1. The predicted molar refractivity (Wildman–Crippen MR) is 306 cm³/mol. The number of nitro benzene ring substituents is 1. The first kappa shape index (κ1) is 63.8. The fourth-order valence-corrected chi connectivity index (χ4v) is 8.05. The number of benzene rings is 5. The average Bonchev–Trinajstić information content (AvgIpc) is 3.69. The van der Waals surface area contributed by atoms with E-state index in [2.05, 4.69) is 20.1 Å². The summed E-state index contributed by atoms with van der Waals surface area (Å²) in [6, 6.07) is 25.4. The Hall–Kier alpha value is -9.00. The lowest BCUT2D eigenvalue weighted by molar-refractivity contribution is -0.386. The molecule has 0 bridgehead atoms. The standard InChI is InChI=1S/C63H72N2O17/c1-5-8-9-14-20-44(4)80-57-43-55(64)53(42-56(57)65(72)73)45-21-23-46(24-22-45)60(68)78-39-19-40-79-62(70)54-41-47(61(69)81-50-30-26-48(27-31-50)74-35-15-10-12-17-37-76-58(66)6-2)25-34-52(54)63(71)82-51-32-28-49(29-33-51)75-36-16-11-13-18-38-77-59(67)7-3/h6-7,21-34,41-44H,2-3,5,8-20,35-40,64H2,1,4H3/t44-/m0/s1. The molecule has 19 nitrogen and oxygen atoms in total. The Labute approximate surface area is 477 Å². The molecule has 0 aliphatic rings. The Kier molecular flexibility index (Phi) is 27.2. The van der Waals surface area contributed by atoms with Gasteiger partial charge in [0.25, 0.3) is 0 Å². The number of rotatable bonds is 37. The first-order chi connectivity index (χ1) is 39.7. The highest BCUT2D eigenvalue weighted by molar-refractivity contribution is 6.06. The molecule has 5 aromatic rings. The van der Waals surface area contributed by atoms with Gasteiger partial charge in [-0.05, 0) is 156 Å². The molecule has 0 saturated carbocycles. The summed E-state index contributed by atoms with van der Waals surface area (Å²) in [5.41, 5.74) is 6.91. The van der Waals surface area contributed by atoms with E-state index in [4.69, 9.17) is 48.4 Å². The minimum absolute atomic E-state index is 0.0550. The van der Waals surface area contributed by atoms with Crippen molar-refractivity contribution in [3.63, 3.8) is 0 Å². The minimum atomic E-state index is -0.973. The molecule has 5 aromatic carbocycles. The number of anilines is 1. The third-order valence-corrected chi connectivity index (χ3v) is 12.5. The summed E-state index contributed by atoms with van der Waals surface area (Å²) in [5.74, 6) is -2.81. The van der Waals surface area contributed by atoms with Crippen molar-refractivity contribution in [2.75, 3.05) is 45.4 Å². The molecule has 0 aromatic heterocycles. The van der Waals surface area contributed by atoms with Gasteiger partial charge >= 0.3 is 41.5 Å². The highest BCUT2D eigenvalue weighted by atomic mass is 16.6. The first-order valence-electron chi connectivity index (χ1n) is 27.5. The number of hydrogen-bond donors (Lipinski definition) is 1. The van der Waals surface area contributed by atoms with Crippen molar-refractivity contribution in [2.45, 2.75) is 110 Å². The number of carbonyl (C=O) groups is 6. The minimum Gasteiger partial charge on any atom is -0.494 e. The van der Waals surface area contributed by atoms with Gasteiger partial charge in [0.1, 0.15) is 23.0 Å². The van der Waals surface area contributed by atoms with Crippen LogP contribution in [-0.2, 0) is 28.5 Å². The van der Waals surface area contributed by atoms with Crippen LogP contribution in [-0.4, -0.2) is 86.5 Å². The van der Waals surface area contributed by atoms with E-state index in [1.165, 1.54) is 54.6 Å². The van der Waals surface area contributed by atoms with Crippen LogP contribution in [0.2, 0.25) is 0 Å². The number of hydrogen-bond acceptors (Lipinski definition) is 18. The van der Waals surface area contributed by atoms with Crippen molar-refractivity contribution in [3.05, 3.63) is 161 Å². The highest BCUT2D eigenvalue weighted by Gasteiger charge is 2.25. The average molecular weight is 1130 g/mol. The lowest BCUT2D eigenvalue weighted by Gasteiger charge is -2.16. The molecule has 2 N–H and O–H groups in total. The predicted octanol–water partition coefficient (Wildman–Crippen LogP) is 12.8. The van der Waals surface area contributed by atoms with Gasteiger partial charge in [-0.3, -0.25) is 10.1 Å². The monoisotopic (exact) mass is 1130 g/mol. The second kappa shape index (κ2) is 34.9. The Bertz CT molecular complexity index is 2920. The van der Waals surface area contributed by atoms with Crippen molar-refractivity contribution in [1.29, 1.82) is 0 Å². The number of nitrogens with zero attached hydrogens (tertiary/aromatic N) is 1. The van der Waals surface area contributed by atoms with E-state index in [1.54, 1.807) is 48.5 Å². The van der Waals surface area contributed by atoms with E-state index in [0.29, 0.717) is 49.1 Å². The van der Waals surface area contributed by atoms with Crippen LogP contribution in [0.5, 0.6) is 28.7 Å². The summed E-state index contributed by atoms with van der Waals surface area (Å²) in [7, 11) is 0. The topological polar surface area (TPSA) is 255 Å². The zero-order chi connectivity index (χ0) is 59.1. The van der Waals surface area contributed by atoms with Crippen LogP contribution in [0, 0.1) is 10.1 Å². The zero-order valence-corrected chi connectivity index (χ0v) is 46.6. The highest BCUT2D eigenvalue weighted by Crippen LogP contribution is 2.38. The van der Waals surface area contributed by atoms with Gasteiger partial charge in [-0.1, -0.05) is 51.5 Å². The van der Waals surface area contributed by atoms with E-state index in [-0.39, 0.29) is 76.6 Å². The van der Waals surface area contributed by atoms with Crippen molar-refractivity contribution < 1.29 is 76.3 Å². The van der Waals surface area contributed by atoms with E-state index in [1.807, 2.05) is 6.92 Å². The second-order valence-corrected chi connectivity index (χ2v) is 18.9. The molecule has 0 fully saturated rings. The summed E-state index contributed by atoms with van der Waals surface area (Å²) < 4.78 is 49.8. The van der Waals surface area contributed by atoms with Gasteiger partial charge in [0.15, 0.2) is 5.75 Å². The lowest BCUT2D eigenvalue weighted by atomic mass is 10.0. The van der Waals surface area contributed by atoms with Crippen LogP contribution >= 0.6 is 0 Å². The number of unbranched alkanes of at least 4 members (excludes halogenated alkanes) is 9. The van der Waals surface area contributed by atoms with E-state index >= 15 is 0 Å². The fourth-order valence-electron chi connectivity index (χ4n) is 8.05. The van der Waals surface area contributed by atoms with Crippen LogP contribution in [0.1, 0.15) is 145 Å². The van der Waals surface area contributed by atoms with Gasteiger partial charge in [0.2, 0.25) is 0 Å². The Morgan fingerprint density at radius 2 is 1.01 bits per heavy atom. The summed E-state index contributed by atoms with van der Waals surface area (Å²) >= 11 is 0. The van der Waals surface area contributed by atoms with Gasteiger partial charge in [-0.2, -0.15) is 0 Å². The van der Waals surface area contributed by atoms with E-state index < -0.39 is 40.7 Å². The molecule has 1 atom stereocenters. The lowest BCUT2D eigenvalue weighted by Crippen LogP contribution is -2.19. The molecule has 0 aliphatic carbocycles.